The molecule has 2 aromatic carbocycles. The Hall–Kier alpha value is -2.90. The maximum absolute atomic E-state index is 10.9. The Kier molecular flexibility index (Phi) is 7.62. The van der Waals surface area contributed by atoms with E-state index in [2.05, 4.69) is 40.4 Å². The minimum absolute atomic E-state index is 0.125. The maximum atomic E-state index is 10.9. The lowest BCUT2D eigenvalue weighted by Gasteiger charge is -2.29. The van der Waals surface area contributed by atoms with Crippen molar-refractivity contribution < 1.29 is 14.6 Å². The Morgan fingerprint density at radius 3 is 2.64 bits per heavy atom. The predicted molar refractivity (Wildman–Crippen MR) is 130 cm³/mol. The molecule has 0 saturated carbocycles. The van der Waals surface area contributed by atoms with E-state index in [4.69, 9.17) is 14.8 Å². The Balaban J connectivity index is 1.35. The molecule has 3 aromatic rings. The molecule has 0 saturated heterocycles. The number of nitrogens with zero attached hydrogens (tertiary/aromatic N) is 3. The van der Waals surface area contributed by atoms with Crippen LogP contribution >= 0.6 is 11.8 Å². The zero-order valence-electron chi connectivity index (χ0n) is 19.0. The summed E-state index contributed by atoms with van der Waals surface area (Å²) in [6.07, 6.45) is 5.03. The van der Waals surface area contributed by atoms with Crippen molar-refractivity contribution in [1.29, 1.82) is 0 Å². The van der Waals surface area contributed by atoms with Gasteiger partial charge in [0, 0.05) is 54.7 Å². The molecule has 172 valence electrons. The molecular formula is C26H29N3O3S. The number of carbonyl (C=O) groups is 1. The van der Waals surface area contributed by atoms with Crippen molar-refractivity contribution in [3.8, 4) is 17.1 Å². The van der Waals surface area contributed by atoms with Crippen LogP contribution in [-0.2, 0) is 24.4 Å². The summed E-state index contributed by atoms with van der Waals surface area (Å²) in [5, 5.41) is 8.98. The topological polar surface area (TPSA) is 75.6 Å². The van der Waals surface area contributed by atoms with Gasteiger partial charge in [0.25, 0.3) is 0 Å². The average Bonchev–Trinajstić information content (AvgIpc) is 2.82. The number of ether oxygens (including phenoxy) is 1. The van der Waals surface area contributed by atoms with Crippen molar-refractivity contribution in [2.45, 2.75) is 37.8 Å². The Morgan fingerprint density at radius 2 is 1.94 bits per heavy atom. The lowest BCUT2D eigenvalue weighted by molar-refractivity contribution is -0.138. The first-order chi connectivity index (χ1) is 16.0. The van der Waals surface area contributed by atoms with Gasteiger partial charge in [0.15, 0.2) is 5.82 Å². The molecule has 0 fully saturated rings. The number of rotatable bonds is 9. The van der Waals surface area contributed by atoms with Crippen LogP contribution < -0.4 is 4.74 Å². The summed E-state index contributed by atoms with van der Waals surface area (Å²) in [5.74, 6) is 0.922. The Bertz CT molecular complexity index is 1090. The number of aromatic nitrogens is 2. The first-order valence-corrected chi connectivity index (χ1v) is 12.4. The predicted octanol–water partition coefficient (Wildman–Crippen LogP) is 4.91. The fourth-order valence-electron chi connectivity index (χ4n) is 4.06. The molecule has 1 atom stereocenters. The van der Waals surface area contributed by atoms with E-state index in [9.17, 15) is 4.79 Å². The second-order valence-corrected chi connectivity index (χ2v) is 9.39. The lowest BCUT2D eigenvalue weighted by atomic mass is 10.0. The van der Waals surface area contributed by atoms with E-state index < -0.39 is 5.97 Å². The van der Waals surface area contributed by atoms with Crippen molar-refractivity contribution in [3.05, 3.63) is 71.5 Å². The third kappa shape index (κ3) is 6.33. The average molecular weight is 464 g/mol. The molecule has 0 amide bonds. The zero-order valence-corrected chi connectivity index (χ0v) is 19.8. The van der Waals surface area contributed by atoms with Crippen LogP contribution in [0.1, 0.15) is 30.2 Å². The van der Waals surface area contributed by atoms with Crippen LogP contribution in [-0.4, -0.2) is 45.3 Å². The Labute approximate surface area is 199 Å². The molecule has 1 aliphatic rings. The summed E-state index contributed by atoms with van der Waals surface area (Å²) in [7, 11) is 0. The van der Waals surface area contributed by atoms with Crippen molar-refractivity contribution in [3.63, 3.8) is 0 Å². The van der Waals surface area contributed by atoms with E-state index in [0.717, 1.165) is 60.0 Å². The first-order valence-electron chi connectivity index (χ1n) is 11.2. The third-order valence-corrected chi connectivity index (χ3v) is 6.53. The molecular weight excluding hydrogens is 434 g/mol. The Morgan fingerprint density at radius 1 is 1.18 bits per heavy atom. The van der Waals surface area contributed by atoms with Crippen molar-refractivity contribution in [1.82, 2.24) is 14.9 Å². The molecule has 0 spiro atoms. The molecule has 4 rings (SSSR count). The highest BCUT2D eigenvalue weighted by atomic mass is 32.2. The second-order valence-electron chi connectivity index (χ2n) is 8.51. The lowest BCUT2D eigenvalue weighted by Crippen LogP contribution is -2.35. The van der Waals surface area contributed by atoms with Crippen molar-refractivity contribution in [2.75, 3.05) is 19.3 Å². The summed E-state index contributed by atoms with van der Waals surface area (Å²) in [4.78, 5) is 23.9. The number of carboxylic acids is 1. The highest BCUT2D eigenvalue weighted by Gasteiger charge is 2.21. The summed E-state index contributed by atoms with van der Waals surface area (Å²) in [5.41, 5.74) is 4.31. The highest BCUT2D eigenvalue weighted by Crippen LogP contribution is 2.24. The summed E-state index contributed by atoms with van der Waals surface area (Å²) >= 11 is 1.73. The van der Waals surface area contributed by atoms with Crippen molar-refractivity contribution in [2.24, 2.45) is 5.92 Å². The molecule has 1 N–H and O–H groups in total. The van der Waals surface area contributed by atoms with Crippen LogP contribution in [0.3, 0.4) is 0 Å². The molecule has 7 heteroatoms. The molecule has 6 nitrogen and oxygen atoms in total. The minimum atomic E-state index is -0.742. The number of thioether (sulfide) groups is 1. The highest BCUT2D eigenvalue weighted by molar-refractivity contribution is 7.98. The van der Waals surface area contributed by atoms with Gasteiger partial charge in [-0.2, -0.15) is 0 Å². The quantitative estimate of drug-likeness (QED) is 0.452. The standard InChI is InChI=1S/C26H29N3O3S/c1-18(13-25(30)31)15-29-12-11-24-21(16-29)14-27-26(28-24)20-5-7-22(8-6-20)32-17-19-3-9-23(33-2)10-4-19/h3-10,14,18H,11-13,15-17H2,1-2H3,(H,30,31). The van der Waals surface area contributed by atoms with Gasteiger partial charge in [0.1, 0.15) is 12.4 Å². The zero-order chi connectivity index (χ0) is 23.2. The van der Waals surface area contributed by atoms with Gasteiger partial charge in [-0.3, -0.25) is 9.69 Å². The van der Waals surface area contributed by atoms with Gasteiger partial charge in [-0.1, -0.05) is 19.1 Å². The fourth-order valence-corrected chi connectivity index (χ4v) is 4.47. The summed E-state index contributed by atoms with van der Waals surface area (Å²) in [6, 6.07) is 16.3. The molecule has 33 heavy (non-hydrogen) atoms. The van der Waals surface area contributed by atoms with E-state index in [-0.39, 0.29) is 12.3 Å². The van der Waals surface area contributed by atoms with Gasteiger partial charge in [-0.15, -0.1) is 11.8 Å². The number of benzene rings is 2. The van der Waals surface area contributed by atoms with E-state index >= 15 is 0 Å². The van der Waals surface area contributed by atoms with Crippen LogP contribution in [0.2, 0.25) is 0 Å². The normalized spacial score (nSPS) is 14.5. The number of aliphatic carboxylic acids is 1. The molecule has 1 aromatic heterocycles. The number of hydrogen-bond donors (Lipinski definition) is 1. The van der Waals surface area contributed by atoms with Crippen LogP contribution in [0.15, 0.2) is 59.6 Å². The SMILES string of the molecule is CSc1ccc(COc2ccc(-c3ncc4c(n3)CCN(CC(C)CC(=O)O)C4)cc2)cc1. The molecule has 0 bridgehead atoms. The van der Waals surface area contributed by atoms with Gasteiger partial charge >= 0.3 is 5.97 Å². The third-order valence-electron chi connectivity index (χ3n) is 5.78. The van der Waals surface area contributed by atoms with E-state index in [0.29, 0.717) is 6.61 Å². The van der Waals surface area contributed by atoms with Gasteiger partial charge in [-0.05, 0) is 54.1 Å². The van der Waals surface area contributed by atoms with Crippen LogP contribution in [0.4, 0.5) is 0 Å². The minimum Gasteiger partial charge on any atom is -0.489 e. The van der Waals surface area contributed by atoms with Crippen LogP contribution in [0.25, 0.3) is 11.4 Å². The van der Waals surface area contributed by atoms with E-state index in [1.54, 1.807) is 11.8 Å². The van der Waals surface area contributed by atoms with Gasteiger partial charge in [0.05, 0.1) is 5.69 Å². The van der Waals surface area contributed by atoms with Crippen LogP contribution in [0, 0.1) is 5.92 Å². The van der Waals surface area contributed by atoms with Crippen LogP contribution in [0.5, 0.6) is 5.75 Å². The number of hydrogen-bond acceptors (Lipinski definition) is 6. The van der Waals surface area contributed by atoms with Gasteiger partial charge in [0.2, 0.25) is 0 Å². The van der Waals surface area contributed by atoms with Gasteiger partial charge in [-0.25, -0.2) is 9.97 Å². The van der Waals surface area contributed by atoms with Crippen molar-refractivity contribution >= 4 is 17.7 Å². The number of fused-ring (bicyclic) bond motifs is 1. The fraction of sp³-hybridized carbons (Fsp3) is 0.346. The molecule has 1 unspecified atom stereocenters. The van der Waals surface area contributed by atoms with E-state index in [1.165, 1.54) is 4.90 Å². The van der Waals surface area contributed by atoms with E-state index in [1.807, 2.05) is 37.4 Å². The molecule has 1 aliphatic heterocycles. The van der Waals surface area contributed by atoms with Gasteiger partial charge < -0.3 is 9.84 Å². The first kappa shape index (κ1) is 23.3. The second kappa shape index (κ2) is 10.8. The molecule has 2 heterocycles. The smallest absolute Gasteiger partial charge is 0.303 e. The largest absolute Gasteiger partial charge is 0.489 e. The number of carboxylic acid groups (broad SMARTS) is 1. The summed E-state index contributed by atoms with van der Waals surface area (Å²) < 4.78 is 5.92. The summed E-state index contributed by atoms with van der Waals surface area (Å²) in [6.45, 7) is 4.95. The maximum Gasteiger partial charge on any atom is 0.303 e. The molecule has 0 radical (unpaired) electrons. The molecule has 0 aliphatic carbocycles. The monoisotopic (exact) mass is 463 g/mol.